The van der Waals surface area contributed by atoms with Crippen molar-refractivity contribution in [3.8, 4) is 6.07 Å². The van der Waals surface area contributed by atoms with E-state index in [4.69, 9.17) is 5.26 Å². The van der Waals surface area contributed by atoms with Crippen LogP contribution in [0, 0.1) is 17.2 Å². The first-order valence-electron chi connectivity index (χ1n) is 7.73. The zero-order valence-electron chi connectivity index (χ0n) is 12.6. The van der Waals surface area contributed by atoms with E-state index in [1.54, 1.807) is 24.3 Å². The van der Waals surface area contributed by atoms with Crippen LogP contribution in [0.25, 0.3) is 0 Å². The van der Waals surface area contributed by atoms with Crippen molar-refractivity contribution in [3.63, 3.8) is 0 Å². The molecule has 2 rings (SSSR count). The summed E-state index contributed by atoms with van der Waals surface area (Å²) in [5, 5.41) is 11.6. The molecule has 4 nitrogen and oxygen atoms in total. The van der Waals surface area contributed by atoms with Gasteiger partial charge < -0.3 is 10.2 Å². The molecule has 0 bridgehead atoms. The Balaban J connectivity index is 1.67. The third kappa shape index (κ3) is 5.57. The van der Waals surface area contributed by atoms with Gasteiger partial charge in [0.2, 0.25) is 5.91 Å². The predicted octanol–water partition coefficient (Wildman–Crippen LogP) is 3.01. The molecule has 1 fully saturated rings. The summed E-state index contributed by atoms with van der Waals surface area (Å²) in [5.74, 6) is 0.944. The Morgan fingerprint density at radius 3 is 2.67 bits per heavy atom. The number of carbonyl (C=O) groups excluding carboxylic acids is 1. The first-order chi connectivity index (χ1) is 10.2. The molecule has 0 radical (unpaired) electrons. The number of hydrogen-bond acceptors (Lipinski definition) is 3. The van der Waals surface area contributed by atoms with Crippen LogP contribution in [-0.2, 0) is 4.79 Å². The number of anilines is 1. The zero-order chi connectivity index (χ0) is 15.1. The second-order valence-electron chi connectivity index (χ2n) is 5.68. The quantitative estimate of drug-likeness (QED) is 0.799. The standard InChI is InChI=1S/C17H23N3O/c1-2-20(13-15-5-6-15)11-3-4-17(21)19-16-9-7-14(12-18)8-10-16/h7-10,15H,2-6,11,13H2,1H3,(H,19,21). The molecule has 0 atom stereocenters. The van der Waals surface area contributed by atoms with Gasteiger partial charge in [-0.25, -0.2) is 0 Å². The number of nitriles is 1. The lowest BCUT2D eigenvalue weighted by molar-refractivity contribution is -0.116. The fourth-order valence-electron chi connectivity index (χ4n) is 2.36. The number of nitrogens with one attached hydrogen (secondary N) is 1. The van der Waals surface area contributed by atoms with Gasteiger partial charge in [0.05, 0.1) is 11.6 Å². The van der Waals surface area contributed by atoms with Crippen LogP contribution in [0.2, 0.25) is 0 Å². The number of carbonyl (C=O) groups is 1. The van der Waals surface area contributed by atoms with E-state index in [2.05, 4.69) is 23.2 Å². The van der Waals surface area contributed by atoms with Crippen LogP contribution in [0.3, 0.4) is 0 Å². The fraction of sp³-hybridized carbons (Fsp3) is 0.529. The first-order valence-corrected chi connectivity index (χ1v) is 7.73. The van der Waals surface area contributed by atoms with Crippen molar-refractivity contribution in [3.05, 3.63) is 29.8 Å². The van der Waals surface area contributed by atoms with Gasteiger partial charge in [0.15, 0.2) is 0 Å². The molecule has 21 heavy (non-hydrogen) atoms. The van der Waals surface area contributed by atoms with Crippen molar-refractivity contribution in [2.24, 2.45) is 5.92 Å². The topological polar surface area (TPSA) is 56.1 Å². The number of amides is 1. The summed E-state index contributed by atoms with van der Waals surface area (Å²) in [6, 6.07) is 9.02. The van der Waals surface area contributed by atoms with Gasteiger partial charge in [0.25, 0.3) is 0 Å². The first kappa shape index (κ1) is 15.5. The minimum Gasteiger partial charge on any atom is -0.326 e. The minimum atomic E-state index is 0.0437. The van der Waals surface area contributed by atoms with E-state index in [1.807, 2.05) is 0 Å². The normalized spacial score (nSPS) is 14.0. The summed E-state index contributed by atoms with van der Waals surface area (Å²) in [6.45, 7) is 5.43. The molecular formula is C17H23N3O. The maximum absolute atomic E-state index is 11.9. The summed E-state index contributed by atoms with van der Waals surface area (Å²) in [6.07, 6.45) is 4.18. The fourth-order valence-corrected chi connectivity index (χ4v) is 2.36. The lowest BCUT2D eigenvalue weighted by Gasteiger charge is -2.19. The zero-order valence-corrected chi connectivity index (χ0v) is 12.6. The molecule has 1 N–H and O–H groups in total. The van der Waals surface area contributed by atoms with Gasteiger partial charge in [-0.1, -0.05) is 6.92 Å². The van der Waals surface area contributed by atoms with Crippen molar-refractivity contribution in [2.75, 3.05) is 25.0 Å². The van der Waals surface area contributed by atoms with Crippen LogP contribution in [0.1, 0.15) is 38.2 Å². The average Bonchev–Trinajstić information content (AvgIpc) is 3.31. The Kier molecular flexibility index (Phi) is 5.77. The molecule has 112 valence electrons. The number of rotatable bonds is 8. The van der Waals surface area contributed by atoms with Gasteiger partial charge in [-0.05, 0) is 62.5 Å². The van der Waals surface area contributed by atoms with E-state index in [0.29, 0.717) is 12.0 Å². The van der Waals surface area contributed by atoms with E-state index in [1.165, 1.54) is 19.4 Å². The highest BCUT2D eigenvalue weighted by atomic mass is 16.1. The predicted molar refractivity (Wildman–Crippen MR) is 83.9 cm³/mol. The molecule has 1 aromatic rings. The average molecular weight is 285 g/mol. The molecule has 0 unspecified atom stereocenters. The number of nitrogens with zero attached hydrogens (tertiary/aromatic N) is 2. The number of benzene rings is 1. The highest BCUT2D eigenvalue weighted by molar-refractivity contribution is 5.90. The van der Waals surface area contributed by atoms with Crippen LogP contribution in [0.15, 0.2) is 24.3 Å². The Morgan fingerprint density at radius 1 is 1.38 bits per heavy atom. The monoisotopic (exact) mass is 285 g/mol. The van der Waals surface area contributed by atoms with Crippen LogP contribution in [-0.4, -0.2) is 30.4 Å². The molecule has 0 heterocycles. The highest BCUT2D eigenvalue weighted by Gasteiger charge is 2.23. The smallest absolute Gasteiger partial charge is 0.224 e. The van der Waals surface area contributed by atoms with Gasteiger partial charge in [0.1, 0.15) is 0 Å². The highest BCUT2D eigenvalue weighted by Crippen LogP contribution is 2.29. The van der Waals surface area contributed by atoms with E-state index in [0.717, 1.165) is 31.1 Å². The van der Waals surface area contributed by atoms with Crippen molar-refractivity contribution in [1.82, 2.24) is 4.90 Å². The Hall–Kier alpha value is -1.86. The van der Waals surface area contributed by atoms with Gasteiger partial charge in [0, 0.05) is 18.7 Å². The summed E-state index contributed by atoms with van der Waals surface area (Å²) < 4.78 is 0. The Morgan fingerprint density at radius 2 is 2.10 bits per heavy atom. The molecule has 1 saturated carbocycles. The molecule has 0 spiro atoms. The third-order valence-corrected chi connectivity index (χ3v) is 3.84. The second kappa shape index (κ2) is 7.80. The Labute approximate surface area is 126 Å². The third-order valence-electron chi connectivity index (χ3n) is 3.84. The van der Waals surface area contributed by atoms with E-state index in [-0.39, 0.29) is 5.91 Å². The molecule has 1 amide bonds. The van der Waals surface area contributed by atoms with Crippen LogP contribution < -0.4 is 5.32 Å². The summed E-state index contributed by atoms with van der Waals surface area (Å²) >= 11 is 0. The Bertz CT molecular complexity index is 500. The van der Waals surface area contributed by atoms with Crippen LogP contribution in [0.5, 0.6) is 0 Å². The second-order valence-corrected chi connectivity index (χ2v) is 5.68. The SMILES string of the molecule is CCN(CCCC(=O)Nc1ccc(C#N)cc1)CC1CC1. The van der Waals surface area contributed by atoms with Crippen molar-refractivity contribution < 1.29 is 4.79 Å². The van der Waals surface area contributed by atoms with Crippen molar-refractivity contribution in [2.45, 2.75) is 32.6 Å². The lowest BCUT2D eigenvalue weighted by atomic mass is 10.2. The molecule has 4 heteroatoms. The molecular weight excluding hydrogens is 262 g/mol. The van der Waals surface area contributed by atoms with Crippen molar-refractivity contribution in [1.29, 1.82) is 5.26 Å². The van der Waals surface area contributed by atoms with Gasteiger partial charge >= 0.3 is 0 Å². The van der Waals surface area contributed by atoms with E-state index >= 15 is 0 Å². The molecule has 0 aromatic heterocycles. The van der Waals surface area contributed by atoms with Gasteiger partial charge in [-0.2, -0.15) is 5.26 Å². The van der Waals surface area contributed by atoms with Crippen LogP contribution in [0.4, 0.5) is 5.69 Å². The number of hydrogen-bond donors (Lipinski definition) is 1. The molecule has 0 saturated heterocycles. The maximum Gasteiger partial charge on any atom is 0.224 e. The molecule has 1 aromatic carbocycles. The minimum absolute atomic E-state index is 0.0437. The van der Waals surface area contributed by atoms with Gasteiger partial charge in [-0.3, -0.25) is 4.79 Å². The summed E-state index contributed by atoms with van der Waals surface area (Å²) in [7, 11) is 0. The largest absolute Gasteiger partial charge is 0.326 e. The molecule has 1 aliphatic rings. The van der Waals surface area contributed by atoms with E-state index in [9.17, 15) is 4.79 Å². The van der Waals surface area contributed by atoms with E-state index < -0.39 is 0 Å². The molecule has 0 aliphatic heterocycles. The van der Waals surface area contributed by atoms with Crippen LogP contribution >= 0.6 is 0 Å². The van der Waals surface area contributed by atoms with Gasteiger partial charge in [-0.15, -0.1) is 0 Å². The molecule has 1 aliphatic carbocycles. The summed E-state index contributed by atoms with van der Waals surface area (Å²) in [4.78, 5) is 14.3. The maximum atomic E-state index is 11.9. The lowest BCUT2D eigenvalue weighted by Crippen LogP contribution is -2.27. The summed E-state index contributed by atoms with van der Waals surface area (Å²) in [5.41, 5.74) is 1.36. The van der Waals surface area contributed by atoms with Crippen molar-refractivity contribution >= 4 is 11.6 Å².